The van der Waals surface area contributed by atoms with Crippen molar-refractivity contribution < 1.29 is 19.0 Å². The van der Waals surface area contributed by atoms with Gasteiger partial charge in [-0.1, -0.05) is 61.6 Å². The van der Waals surface area contributed by atoms with Crippen molar-refractivity contribution in [3.05, 3.63) is 103 Å². The van der Waals surface area contributed by atoms with E-state index in [0.29, 0.717) is 18.9 Å². The van der Waals surface area contributed by atoms with Crippen molar-refractivity contribution in [2.45, 2.75) is 82.4 Å². The third-order valence-corrected chi connectivity index (χ3v) is 10.5. The minimum absolute atomic E-state index is 0.146. The van der Waals surface area contributed by atoms with Crippen LogP contribution in [0.15, 0.2) is 102 Å². The highest BCUT2D eigenvalue weighted by Gasteiger charge is 2.22. The summed E-state index contributed by atoms with van der Waals surface area (Å²) in [5.41, 5.74) is 3.80. The molecule has 0 atom stereocenters. The number of allylic oxidation sites excluding steroid dienone is 8. The third-order valence-electron chi connectivity index (χ3n) is 9.35. The Balaban J connectivity index is 0.895. The highest BCUT2D eigenvalue weighted by molar-refractivity contribution is 7.99. The van der Waals surface area contributed by atoms with E-state index in [0.717, 1.165) is 107 Å². The number of nitrogens with zero attached hydrogens (tertiary/aromatic N) is 3. The Morgan fingerprint density at radius 2 is 1.60 bits per heavy atom. The van der Waals surface area contributed by atoms with E-state index < -0.39 is 0 Å². The van der Waals surface area contributed by atoms with Gasteiger partial charge in [-0.2, -0.15) is 0 Å². The number of hydrogen-bond donors (Lipinski definition) is 0. The van der Waals surface area contributed by atoms with Crippen molar-refractivity contribution in [3.8, 4) is 11.6 Å². The number of aromatic nitrogens is 1. The largest absolute Gasteiger partial charge is 0.494 e. The molecule has 1 saturated heterocycles. The topological polar surface area (TPSA) is 64.1 Å². The summed E-state index contributed by atoms with van der Waals surface area (Å²) in [6.45, 7) is 8.22. The molecule has 2 aliphatic rings. The van der Waals surface area contributed by atoms with Crippen LogP contribution in [0.5, 0.6) is 11.6 Å². The van der Waals surface area contributed by atoms with Crippen LogP contribution in [-0.4, -0.2) is 67.7 Å². The lowest BCUT2D eigenvalue weighted by atomic mass is 10.1. The minimum atomic E-state index is -0.252. The summed E-state index contributed by atoms with van der Waals surface area (Å²) in [7, 11) is 0. The molecule has 3 aromatic rings. The van der Waals surface area contributed by atoms with Crippen molar-refractivity contribution in [2.75, 3.05) is 56.8 Å². The molecule has 52 heavy (non-hydrogen) atoms. The summed E-state index contributed by atoms with van der Waals surface area (Å²) < 4.78 is 17.0. The molecule has 1 fully saturated rings. The van der Waals surface area contributed by atoms with Crippen molar-refractivity contribution in [2.24, 2.45) is 0 Å². The van der Waals surface area contributed by atoms with Crippen LogP contribution in [0.4, 0.5) is 5.69 Å². The molecule has 0 bridgehead atoms. The summed E-state index contributed by atoms with van der Waals surface area (Å²) in [6.07, 6.45) is 28.0. The van der Waals surface area contributed by atoms with Gasteiger partial charge in [0.1, 0.15) is 5.75 Å². The number of thioether (sulfide) groups is 1. The summed E-state index contributed by atoms with van der Waals surface area (Å²) in [6, 6.07) is 16.5. The predicted octanol–water partition coefficient (Wildman–Crippen LogP) is 10.1. The second kappa shape index (κ2) is 22.8. The van der Waals surface area contributed by atoms with Crippen molar-refractivity contribution in [3.63, 3.8) is 0 Å². The number of anilines is 1. The minimum Gasteiger partial charge on any atom is -0.494 e. The van der Waals surface area contributed by atoms with Gasteiger partial charge in [0.15, 0.2) is 0 Å². The van der Waals surface area contributed by atoms with Crippen molar-refractivity contribution in [1.82, 2.24) is 9.88 Å². The van der Waals surface area contributed by atoms with Crippen molar-refractivity contribution in [1.29, 1.82) is 0 Å². The van der Waals surface area contributed by atoms with Crippen LogP contribution < -0.4 is 14.4 Å². The maximum Gasteiger partial charge on any atom is 0.308 e. The zero-order chi connectivity index (χ0) is 36.1. The number of piperazine rings is 1. The maximum atomic E-state index is 12.2. The van der Waals surface area contributed by atoms with Crippen LogP contribution in [0.3, 0.4) is 0 Å². The number of fused-ring (bicyclic) bond motifs is 2. The zero-order valence-corrected chi connectivity index (χ0v) is 31.9. The van der Waals surface area contributed by atoms with Crippen LogP contribution in [0.25, 0.3) is 10.9 Å². The first-order valence-corrected chi connectivity index (χ1v) is 20.3. The lowest BCUT2D eigenvalue weighted by Gasteiger charge is -2.37. The van der Waals surface area contributed by atoms with Gasteiger partial charge in [0.25, 0.3) is 0 Å². The molecule has 0 unspecified atom stereocenters. The highest BCUT2D eigenvalue weighted by Crippen LogP contribution is 2.37. The first-order chi connectivity index (χ1) is 25.7. The zero-order valence-electron chi connectivity index (χ0n) is 31.1. The fourth-order valence-electron chi connectivity index (χ4n) is 6.45. The number of carbonyl (C=O) groups excluding carboxylic acids is 1. The van der Waals surface area contributed by atoms with E-state index in [-0.39, 0.29) is 12.8 Å². The SMILES string of the molecule is CC/C=C\C/C=C\C/C=C\C/C=C\CCCCC(=O)OCOc1ccc2ccc(OCCCCN3CCN(c4cccc5c4CCS5)CC3)cc2n1. The summed E-state index contributed by atoms with van der Waals surface area (Å²) in [5.74, 6) is 2.19. The summed E-state index contributed by atoms with van der Waals surface area (Å²) in [4.78, 5) is 23.4. The average Bonchev–Trinajstić information content (AvgIpc) is 3.66. The smallest absolute Gasteiger partial charge is 0.308 e. The molecular formula is C44H57N3O4S. The van der Waals surface area contributed by atoms with E-state index >= 15 is 0 Å². The molecule has 5 rings (SSSR count). The van der Waals surface area contributed by atoms with Gasteiger partial charge < -0.3 is 19.1 Å². The number of unbranched alkanes of at least 4 members (excludes halogenated alkanes) is 3. The van der Waals surface area contributed by atoms with Gasteiger partial charge in [0.05, 0.1) is 12.1 Å². The summed E-state index contributed by atoms with van der Waals surface area (Å²) in [5, 5.41) is 1.00. The molecule has 1 aromatic heterocycles. The molecule has 0 aliphatic carbocycles. The molecule has 2 aliphatic heterocycles. The number of pyridine rings is 1. The Labute approximate surface area is 315 Å². The third kappa shape index (κ3) is 13.5. The van der Waals surface area contributed by atoms with Crippen LogP contribution in [0.2, 0.25) is 0 Å². The van der Waals surface area contributed by atoms with Crippen LogP contribution in [-0.2, 0) is 16.0 Å². The Hall–Kier alpha value is -4.01. The normalized spacial score (nSPS) is 15.1. The molecular weight excluding hydrogens is 667 g/mol. The van der Waals surface area contributed by atoms with Crippen LogP contribution in [0.1, 0.15) is 76.7 Å². The Bertz CT molecular complexity index is 1640. The fourth-order valence-corrected chi connectivity index (χ4v) is 7.53. The van der Waals surface area contributed by atoms with Gasteiger partial charge in [-0.3, -0.25) is 9.69 Å². The van der Waals surface area contributed by atoms with E-state index in [1.165, 1.54) is 22.8 Å². The Kier molecular flexibility index (Phi) is 17.2. The molecule has 0 N–H and O–H groups in total. The second-order valence-electron chi connectivity index (χ2n) is 13.3. The molecule has 0 spiro atoms. The molecule has 3 heterocycles. The molecule has 7 nitrogen and oxygen atoms in total. The maximum absolute atomic E-state index is 12.2. The fraction of sp³-hybridized carbons (Fsp3) is 0.455. The number of rotatable bonds is 22. The van der Waals surface area contributed by atoms with Crippen LogP contribution in [0, 0.1) is 0 Å². The monoisotopic (exact) mass is 723 g/mol. The van der Waals surface area contributed by atoms with Gasteiger partial charge >= 0.3 is 5.97 Å². The van der Waals surface area contributed by atoms with E-state index in [2.05, 4.69) is 88.5 Å². The lowest BCUT2D eigenvalue weighted by molar-refractivity contribution is -0.150. The standard InChI is InChI=1S/C44H57N3O4S/c1-2-3-4-5-6-7-8-9-10-11-12-13-14-15-16-22-44(48)51-36-50-43-26-24-37-23-25-38(35-40(37)45-43)49-33-18-17-28-46-29-31-47(32-30-46)41-20-19-21-42-39(41)27-34-52-42/h3-4,6-7,9-10,12-13,19-21,23-26,35H,2,5,8,11,14-18,22,27-34,36H2,1H3/b4-3-,7-6-,10-9-,13-12-. The van der Waals surface area contributed by atoms with E-state index in [1.54, 1.807) is 11.6 Å². The first-order valence-electron chi connectivity index (χ1n) is 19.3. The number of hydrogen-bond acceptors (Lipinski definition) is 8. The van der Waals surface area contributed by atoms with E-state index in [4.69, 9.17) is 14.2 Å². The Morgan fingerprint density at radius 3 is 2.40 bits per heavy atom. The molecule has 2 aromatic carbocycles. The molecule has 0 amide bonds. The van der Waals surface area contributed by atoms with Gasteiger partial charge in [-0.05, 0) is 107 Å². The van der Waals surface area contributed by atoms with Crippen LogP contribution >= 0.6 is 11.8 Å². The molecule has 0 radical (unpaired) electrons. The van der Waals surface area contributed by atoms with Gasteiger partial charge in [0, 0.05) is 66.5 Å². The quantitative estimate of drug-likeness (QED) is 0.0440. The second-order valence-corrected chi connectivity index (χ2v) is 14.4. The van der Waals surface area contributed by atoms with E-state index in [1.807, 2.05) is 36.0 Å². The molecule has 8 heteroatoms. The van der Waals surface area contributed by atoms with Crippen molar-refractivity contribution >= 4 is 34.3 Å². The van der Waals surface area contributed by atoms with Gasteiger partial charge in [-0.25, -0.2) is 4.98 Å². The number of ether oxygens (including phenoxy) is 3. The number of carbonyl (C=O) groups is 1. The van der Waals surface area contributed by atoms with Gasteiger partial charge in [0.2, 0.25) is 12.7 Å². The molecule has 278 valence electrons. The average molecular weight is 724 g/mol. The van der Waals surface area contributed by atoms with E-state index in [9.17, 15) is 4.79 Å². The Morgan fingerprint density at radius 1 is 0.827 bits per heavy atom. The highest BCUT2D eigenvalue weighted by atomic mass is 32.2. The molecule has 0 saturated carbocycles. The number of benzene rings is 2. The van der Waals surface area contributed by atoms with Gasteiger partial charge in [-0.15, -0.1) is 11.8 Å². The predicted molar refractivity (Wildman–Crippen MR) is 217 cm³/mol. The number of esters is 1. The first kappa shape index (κ1) is 39.2. The summed E-state index contributed by atoms with van der Waals surface area (Å²) >= 11 is 1.99. The lowest BCUT2D eigenvalue weighted by Crippen LogP contribution is -2.47.